The van der Waals surface area contributed by atoms with Crippen LogP contribution in [0.2, 0.25) is 25.7 Å². The van der Waals surface area contributed by atoms with Crippen molar-refractivity contribution in [2.75, 3.05) is 13.2 Å². The van der Waals surface area contributed by atoms with Crippen molar-refractivity contribution in [3.05, 3.63) is 35.9 Å². The monoisotopic (exact) mass is 548 g/mol. The van der Waals surface area contributed by atoms with Crippen LogP contribution in [0.5, 0.6) is 0 Å². The average Bonchev–Trinajstić information content (AvgIpc) is 3.09. The zero-order valence-corrected chi connectivity index (χ0v) is 24.9. The van der Waals surface area contributed by atoms with E-state index < -0.39 is 49.7 Å². The van der Waals surface area contributed by atoms with Crippen LogP contribution in [0.15, 0.2) is 30.3 Å². The van der Waals surface area contributed by atoms with Gasteiger partial charge in [0.05, 0.1) is 13.0 Å². The third kappa shape index (κ3) is 10.5. The zero-order chi connectivity index (χ0) is 28.5. The van der Waals surface area contributed by atoms with Gasteiger partial charge in [-0.1, -0.05) is 63.3 Å². The minimum Gasteiger partial charge on any atom is -0.464 e. The lowest BCUT2D eigenvalue weighted by atomic mass is 9.98. The van der Waals surface area contributed by atoms with Gasteiger partial charge < -0.3 is 24.4 Å². The van der Waals surface area contributed by atoms with Gasteiger partial charge in [-0.25, -0.2) is 9.59 Å². The molecule has 0 spiro atoms. The molecule has 9 nitrogen and oxygen atoms in total. The number of carbonyl (C=O) groups is 4. The SMILES string of the molecule is CCC[C@H]1CN([C@@H](CC(=O)OCc2ccccc2)C(=O)OCC[Si](C)(C)C)C(=O)[C@H]1NC(=O)OC(C)(C)C. The molecule has 0 unspecified atom stereocenters. The lowest BCUT2D eigenvalue weighted by Crippen LogP contribution is -2.49. The summed E-state index contributed by atoms with van der Waals surface area (Å²) in [7, 11) is -1.47. The highest BCUT2D eigenvalue weighted by Crippen LogP contribution is 2.27. The maximum absolute atomic E-state index is 13.5. The largest absolute Gasteiger partial charge is 0.464 e. The quantitative estimate of drug-likeness (QED) is 0.232. The lowest BCUT2D eigenvalue weighted by molar-refractivity contribution is -0.159. The second-order valence-corrected chi connectivity index (χ2v) is 17.6. The summed E-state index contributed by atoms with van der Waals surface area (Å²) in [4.78, 5) is 53.4. The molecule has 2 amide bonds. The zero-order valence-electron chi connectivity index (χ0n) is 23.9. The van der Waals surface area contributed by atoms with Crippen molar-refractivity contribution in [3.8, 4) is 0 Å². The highest BCUT2D eigenvalue weighted by molar-refractivity contribution is 6.76. The number of amides is 2. The topological polar surface area (TPSA) is 111 Å². The number of ether oxygens (including phenoxy) is 3. The van der Waals surface area contributed by atoms with Crippen LogP contribution in [0.4, 0.5) is 4.79 Å². The van der Waals surface area contributed by atoms with Crippen LogP contribution in [-0.2, 0) is 35.2 Å². The Morgan fingerprint density at radius 3 is 2.34 bits per heavy atom. The van der Waals surface area contributed by atoms with Gasteiger partial charge in [0.15, 0.2) is 0 Å². The lowest BCUT2D eigenvalue weighted by Gasteiger charge is -2.27. The normalized spacial score (nSPS) is 18.6. The molecule has 1 aromatic carbocycles. The van der Waals surface area contributed by atoms with Gasteiger partial charge in [-0.15, -0.1) is 0 Å². The first-order valence-electron chi connectivity index (χ1n) is 13.4. The van der Waals surface area contributed by atoms with E-state index in [4.69, 9.17) is 14.2 Å². The molecule has 2 rings (SSSR count). The van der Waals surface area contributed by atoms with Crippen LogP contribution in [0, 0.1) is 5.92 Å². The number of carbonyl (C=O) groups excluding carboxylic acids is 4. The Morgan fingerprint density at radius 1 is 1.11 bits per heavy atom. The van der Waals surface area contributed by atoms with Crippen LogP contribution in [0.1, 0.15) is 52.5 Å². The first-order valence-corrected chi connectivity index (χ1v) is 17.1. The molecular formula is C28H44N2O7Si. The standard InChI is InChI=1S/C28H44N2O7Si/c1-8-12-21-18-30(25(32)24(21)29-27(34)37-28(2,3)4)22(26(33)35-15-16-38(5,6)7)17-23(31)36-19-20-13-10-9-11-14-20/h9-11,13-14,21-22,24H,8,12,15-19H2,1-7H3,(H,29,34)/t21-,22-,24-/m0/s1. The predicted octanol–water partition coefficient (Wildman–Crippen LogP) is 4.52. The van der Waals surface area contributed by atoms with E-state index >= 15 is 0 Å². The molecule has 38 heavy (non-hydrogen) atoms. The van der Waals surface area contributed by atoms with Crippen LogP contribution in [0.3, 0.4) is 0 Å². The summed E-state index contributed by atoms with van der Waals surface area (Å²) < 4.78 is 16.3. The van der Waals surface area contributed by atoms with E-state index in [9.17, 15) is 19.2 Å². The molecule has 1 fully saturated rings. The number of hydrogen-bond acceptors (Lipinski definition) is 7. The van der Waals surface area contributed by atoms with E-state index in [1.54, 1.807) is 20.8 Å². The molecule has 1 saturated heterocycles. The minimum absolute atomic E-state index is 0.0618. The van der Waals surface area contributed by atoms with Gasteiger partial charge >= 0.3 is 18.0 Å². The fourth-order valence-corrected chi connectivity index (χ4v) is 4.90. The summed E-state index contributed by atoms with van der Waals surface area (Å²) in [5, 5.41) is 2.69. The molecule has 0 aliphatic carbocycles. The van der Waals surface area contributed by atoms with Crippen molar-refractivity contribution in [2.45, 2.75) is 96.9 Å². The van der Waals surface area contributed by atoms with Crippen molar-refractivity contribution in [2.24, 2.45) is 5.92 Å². The van der Waals surface area contributed by atoms with Gasteiger partial charge in [-0.05, 0) is 38.8 Å². The Balaban J connectivity index is 2.20. The highest BCUT2D eigenvalue weighted by atomic mass is 28.3. The van der Waals surface area contributed by atoms with Crippen molar-refractivity contribution >= 4 is 32.0 Å². The molecular weight excluding hydrogens is 504 g/mol. The van der Waals surface area contributed by atoms with Crippen LogP contribution in [-0.4, -0.2) is 67.7 Å². The Hall–Kier alpha value is -2.88. The van der Waals surface area contributed by atoms with E-state index in [1.165, 1.54) is 4.90 Å². The van der Waals surface area contributed by atoms with Gasteiger partial charge in [0.25, 0.3) is 0 Å². The number of nitrogens with one attached hydrogen (secondary N) is 1. The van der Waals surface area contributed by atoms with Gasteiger partial charge in [0.2, 0.25) is 5.91 Å². The Kier molecular flexibility index (Phi) is 11.4. The summed E-state index contributed by atoms with van der Waals surface area (Å²) >= 11 is 0. The van der Waals surface area contributed by atoms with Crippen LogP contribution < -0.4 is 5.32 Å². The van der Waals surface area contributed by atoms with Crippen molar-refractivity contribution < 1.29 is 33.4 Å². The van der Waals surface area contributed by atoms with Crippen LogP contribution >= 0.6 is 0 Å². The number of esters is 2. The summed E-state index contributed by atoms with van der Waals surface area (Å²) in [6, 6.07) is 7.99. The fraction of sp³-hybridized carbons (Fsp3) is 0.643. The van der Waals surface area contributed by atoms with Gasteiger partial charge in [0, 0.05) is 20.5 Å². The van der Waals surface area contributed by atoms with E-state index in [2.05, 4.69) is 25.0 Å². The molecule has 0 bridgehead atoms. The predicted molar refractivity (Wildman–Crippen MR) is 147 cm³/mol. The molecule has 1 aliphatic rings. The smallest absolute Gasteiger partial charge is 0.408 e. The molecule has 0 aromatic heterocycles. The molecule has 10 heteroatoms. The van der Waals surface area contributed by atoms with E-state index in [1.807, 2.05) is 37.3 Å². The first kappa shape index (κ1) is 31.3. The number of likely N-dealkylation sites (tertiary alicyclic amines) is 1. The summed E-state index contributed by atoms with van der Waals surface area (Å²) in [5.41, 5.74) is 0.0914. The van der Waals surface area contributed by atoms with E-state index in [0.29, 0.717) is 6.42 Å². The van der Waals surface area contributed by atoms with Gasteiger partial charge in [-0.2, -0.15) is 0 Å². The maximum Gasteiger partial charge on any atom is 0.408 e. The van der Waals surface area contributed by atoms with Crippen molar-refractivity contribution in [1.82, 2.24) is 10.2 Å². The molecule has 1 aliphatic heterocycles. The minimum atomic E-state index is -1.47. The van der Waals surface area contributed by atoms with E-state index in [-0.39, 0.29) is 32.1 Å². The molecule has 212 valence electrons. The first-order chi connectivity index (χ1) is 17.7. The average molecular weight is 549 g/mol. The Labute approximate surface area is 227 Å². The number of rotatable bonds is 12. The number of alkyl carbamates (subject to hydrolysis) is 1. The fourth-order valence-electron chi connectivity index (χ4n) is 4.18. The summed E-state index contributed by atoms with van der Waals surface area (Å²) in [6.07, 6.45) is 0.402. The maximum atomic E-state index is 13.5. The van der Waals surface area contributed by atoms with Crippen LogP contribution in [0.25, 0.3) is 0 Å². The third-order valence-electron chi connectivity index (χ3n) is 6.13. The molecule has 0 radical (unpaired) electrons. The van der Waals surface area contributed by atoms with E-state index in [0.717, 1.165) is 18.0 Å². The molecule has 1 N–H and O–H groups in total. The molecule has 0 saturated carbocycles. The van der Waals surface area contributed by atoms with Crippen molar-refractivity contribution in [3.63, 3.8) is 0 Å². The second-order valence-electron chi connectivity index (χ2n) is 12.0. The Morgan fingerprint density at radius 2 is 1.76 bits per heavy atom. The summed E-state index contributed by atoms with van der Waals surface area (Å²) in [5.74, 6) is -1.92. The second kappa shape index (κ2) is 13.8. The molecule has 1 heterocycles. The third-order valence-corrected chi connectivity index (χ3v) is 7.83. The highest BCUT2D eigenvalue weighted by Gasteiger charge is 2.47. The molecule has 3 atom stereocenters. The number of benzene rings is 1. The number of nitrogens with zero attached hydrogens (tertiary/aromatic N) is 1. The number of hydrogen-bond donors (Lipinski definition) is 1. The van der Waals surface area contributed by atoms with Crippen molar-refractivity contribution in [1.29, 1.82) is 0 Å². The Bertz CT molecular complexity index is 956. The van der Waals surface area contributed by atoms with Gasteiger partial charge in [-0.3, -0.25) is 9.59 Å². The summed E-state index contributed by atoms with van der Waals surface area (Å²) in [6.45, 7) is 14.2. The van der Waals surface area contributed by atoms with Gasteiger partial charge in [0.1, 0.15) is 24.3 Å². The molecule has 1 aromatic rings.